The summed E-state index contributed by atoms with van der Waals surface area (Å²) in [5, 5.41) is 0. The molecular formula is C37H44Cl2Zr. The summed E-state index contributed by atoms with van der Waals surface area (Å²) < 4.78 is 4.05. The molecule has 0 aromatic heterocycles. The van der Waals surface area contributed by atoms with Crippen molar-refractivity contribution < 1.29 is 46.1 Å². The first-order chi connectivity index (χ1) is 17.6. The van der Waals surface area contributed by atoms with E-state index >= 15 is 0 Å². The zero-order valence-corrected chi connectivity index (χ0v) is 30.1. The number of benzene rings is 2. The van der Waals surface area contributed by atoms with Crippen molar-refractivity contribution >= 4 is 14.4 Å². The molecule has 2 aromatic rings. The molecular weight excluding hydrogens is 607 g/mol. The van der Waals surface area contributed by atoms with E-state index in [9.17, 15) is 0 Å². The fourth-order valence-electron chi connectivity index (χ4n) is 7.80. The zero-order chi connectivity index (χ0) is 27.5. The van der Waals surface area contributed by atoms with Crippen molar-refractivity contribution in [1.29, 1.82) is 0 Å². The maximum Gasteiger partial charge on any atom is -1.00 e. The molecule has 40 heavy (non-hydrogen) atoms. The van der Waals surface area contributed by atoms with Crippen LogP contribution in [0.15, 0.2) is 57.4 Å². The molecule has 0 spiro atoms. The van der Waals surface area contributed by atoms with Crippen LogP contribution in [-0.2, 0) is 32.1 Å². The fourth-order valence-corrected chi connectivity index (χ4v) is 16.0. The van der Waals surface area contributed by atoms with Gasteiger partial charge in [0.2, 0.25) is 0 Å². The van der Waals surface area contributed by atoms with Gasteiger partial charge in [-0.3, -0.25) is 0 Å². The zero-order valence-electron chi connectivity index (χ0n) is 26.2. The molecule has 4 aliphatic rings. The smallest absolute Gasteiger partial charge is 1.00 e. The summed E-state index contributed by atoms with van der Waals surface area (Å²) in [6.07, 6.45) is 11.3. The average Bonchev–Trinajstić information content (AvgIpc) is 3.50. The topological polar surface area (TPSA) is 0 Å². The maximum absolute atomic E-state index is 2.65. The predicted octanol–water partition coefficient (Wildman–Crippen LogP) is 4.24. The van der Waals surface area contributed by atoms with Crippen LogP contribution in [0.2, 0.25) is 0 Å². The van der Waals surface area contributed by atoms with Crippen molar-refractivity contribution in [1.82, 2.24) is 0 Å². The van der Waals surface area contributed by atoms with E-state index in [-0.39, 0.29) is 41.1 Å². The Bertz CT molecular complexity index is 1510. The van der Waals surface area contributed by atoms with E-state index in [1.54, 1.807) is 17.6 Å². The molecule has 0 unspecified atom stereocenters. The van der Waals surface area contributed by atoms with Gasteiger partial charge in [-0.25, -0.2) is 0 Å². The van der Waals surface area contributed by atoms with Crippen molar-refractivity contribution in [2.75, 3.05) is 0 Å². The summed E-state index contributed by atoms with van der Waals surface area (Å²) in [6, 6.07) is 10.4. The van der Waals surface area contributed by atoms with Gasteiger partial charge in [-0.2, -0.15) is 0 Å². The summed E-state index contributed by atoms with van der Waals surface area (Å²) >= 11 is -2.26. The Labute approximate surface area is 263 Å². The monoisotopic (exact) mass is 648 g/mol. The third-order valence-corrected chi connectivity index (χ3v) is 17.7. The quantitative estimate of drug-likeness (QED) is 0.457. The number of allylic oxidation sites excluding steroid dienone is 8. The second-order valence-corrected chi connectivity index (χ2v) is 22.2. The standard InChI is InChI=1S/C25H25.C9H13.C3H6.2ClH.Zr/c1-14-12-24(3,4)22-8-16-7-17-9-23-19(15(2)13-25(23,5)6)11-21(17)20(16)10-18(14)22;1-9(2,3)8-6-4-5-7-8;1-3-2;;;/h7-13H,1-6H3;6-7H,4H2,1-3H3;1-2H3;2*1H;/q;;;;;+2/p-2. The molecule has 0 saturated heterocycles. The van der Waals surface area contributed by atoms with Crippen molar-refractivity contribution in [3.8, 4) is 11.1 Å². The molecule has 0 heterocycles. The van der Waals surface area contributed by atoms with Gasteiger partial charge in [0.1, 0.15) is 0 Å². The molecule has 0 fully saturated rings. The molecule has 0 aliphatic heterocycles. The third kappa shape index (κ3) is 4.72. The van der Waals surface area contributed by atoms with Gasteiger partial charge in [0.15, 0.2) is 0 Å². The van der Waals surface area contributed by atoms with Crippen LogP contribution in [0.4, 0.5) is 0 Å². The average molecular weight is 651 g/mol. The summed E-state index contributed by atoms with van der Waals surface area (Å²) in [5.41, 5.74) is 17.1. The van der Waals surface area contributed by atoms with E-state index < -0.39 is 21.3 Å². The van der Waals surface area contributed by atoms with Crippen LogP contribution in [0.5, 0.6) is 0 Å². The number of hydrogen-bond donors (Lipinski definition) is 0. The molecule has 0 saturated carbocycles. The van der Waals surface area contributed by atoms with Crippen LogP contribution in [0, 0.1) is 5.41 Å². The molecule has 0 radical (unpaired) electrons. The molecule has 3 heteroatoms. The van der Waals surface area contributed by atoms with Gasteiger partial charge >= 0.3 is 240 Å². The van der Waals surface area contributed by atoms with E-state index in [1.165, 1.54) is 50.1 Å². The summed E-state index contributed by atoms with van der Waals surface area (Å²) in [5.74, 6) is 0. The first kappa shape index (κ1) is 31.7. The fraction of sp³-hybridized carbons (Fsp3) is 0.432. The molecule has 210 valence electrons. The number of hydrogen-bond acceptors (Lipinski definition) is 0. The Morgan fingerprint density at radius 3 is 1.57 bits per heavy atom. The minimum Gasteiger partial charge on any atom is -1.00 e. The first-order valence-corrected chi connectivity index (χ1v) is 18.3. The van der Waals surface area contributed by atoms with Gasteiger partial charge in [0, 0.05) is 0 Å². The van der Waals surface area contributed by atoms with E-state index in [4.69, 9.17) is 0 Å². The Morgan fingerprint density at radius 2 is 1.20 bits per heavy atom. The summed E-state index contributed by atoms with van der Waals surface area (Å²) in [6.45, 7) is 26.2. The first-order valence-electron chi connectivity index (χ1n) is 14.5. The molecule has 0 N–H and O–H groups in total. The predicted molar refractivity (Wildman–Crippen MR) is 164 cm³/mol. The Kier molecular flexibility index (Phi) is 8.06. The van der Waals surface area contributed by atoms with Crippen LogP contribution in [0.3, 0.4) is 0 Å². The molecule has 6 rings (SSSR count). The molecule has 0 atom stereocenters. The minimum atomic E-state index is -2.26. The van der Waals surface area contributed by atoms with Crippen LogP contribution in [0.25, 0.3) is 22.3 Å². The van der Waals surface area contributed by atoms with E-state index in [0.717, 1.165) is 6.42 Å². The van der Waals surface area contributed by atoms with Crippen LogP contribution < -0.4 is 24.8 Å². The van der Waals surface area contributed by atoms with Gasteiger partial charge in [-0.05, 0) is 0 Å². The van der Waals surface area contributed by atoms with Gasteiger partial charge < -0.3 is 24.8 Å². The largest absolute Gasteiger partial charge is 1.00 e. The van der Waals surface area contributed by atoms with Crippen molar-refractivity contribution in [2.24, 2.45) is 5.41 Å². The van der Waals surface area contributed by atoms with Crippen LogP contribution >= 0.6 is 0 Å². The van der Waals surface area contributed by atoms with Crippen LogP contribution in [-0.4, -0.2) is 3.21 Å². The molecule has 2 aromatic carbocycles. The number of rotatable bonds is 2. The van der Waals surface area contributed by atoms with Crippen molar-refractivity contribution in [2.45, 2.75) is 97.0 Å². The van der Waals surface area contributed by atoms with Crippen molar-refractivity contribution in [3.05, 3.63) is 90.8 Å². The minimum absolute atomic E-state index is 0. The van der Waals surface area contributed by atoms with Crippen LogP contribution in [0.1, 0.15) is 120 Å². The second-order valence-electron chi connectivity index (χ2n) is 14.7. The Hall–Kier alpha value is -1.27. The van der Waals surface area contributed by atoms with Gasteiger partial charge in [0.25, 0.3) is 0 Å². The molecule has 0 nitrogen and oxygen atoms in total. The normalized spacial score (nSPS) is 19.1. The number of fused-ring (bicyclic) bond motifs is 5. The second kappa shape index (κ2) is 10.2. The molecule has 4 aliphatic carbocycles. The molecule has 0 bridgehead atoms. The van der Waals surface area contributed by atoms with Gasteiger partial charge in [-0.15, -0.1) is 0 Å². The SMILES string of the molecule is CC1=CC(C)(C)c2cc3c(cc21)-c1cc2c(cc1[CH]3[Zr+2]([C]1=CC(C(C)(C)C)=CC1)=[C](C)C)C(C)(C)C=C2C.[Cl-].[Cl-]. The van der Waals surface area contributed by atoms with Gasteiger partial charge in [-0.1, -0.05) is 0 Å². The summed E-state index contributed by atoms with van der Waals surface area (Å²) in [7, 11) is 0. The Balaban J connectivity index is 0.00000185. The summed E-state index contributed by atoms with van der Waals surface area (Å²) in [4.78, 5) is 0. The Morgan fingerprint density at radius 1 is 0.750 bits per heavy atom. The van der Waals surface area contributed by atoms with E-state index in [0.29, 0.717) is 3.63 Å². The van der Waals surface area contributed by atoms with Gasteiger partial charge in [0.05, 0.1) is 0 Å². The number of halogens is 2. The van der Waals surface area contributed by atoms with E-state index in [1.807, 2.05) is 0 Å². The third-order valence-electron chi connectivity index (χ3n) is 9.60. The molecule has 0 amide bonds. The maximum atomic E-state index is 2.65. The van der Waals surface area contributed by atoms with E-state index in [2.05, 4.69) is 125 Å². The van der Waals surface area contributed by atoms with Crippen molar-refractivity contribution in [3.63, 3.8) is 0 Å².